The molecule has 2 N–H and O–H groups in total. The maximum atomic E-state index is 13.0. The van der Waals surface area contributed by atoms with Crippen molar-refractivity contribution >= 4 is 21.6 Å². The van der Waals surface area contributed by atoms with E-state index >= 15 is 0 Å². The molecule has 9 nitrogen and oxygen atoms in total. The molecule has 1 aromatic heterocycles. The molecule has 1 fully saturated rings. The molecule has 0 radical (unpaired) electrons. The minimum absolute atomic E-state index is 0.0249. The van der Waals surface area contributed by atoms with Crippen LogP contribution in [0.2, 0.25) is 0 Å². The molecule has 32 heavy (non-hydrogen) atoms. The van der Waals surface area contributed by atoms with Gasteiger partial charge in [-0.2, -0.15) is 4.80 Å². The van der Waals surface area contributed by atoms with Gasteiger partial charge in [0.05, 0.1) is 4.90 Å². The number of hydrogen-bond acceptors (Lipinski definition) is 6. The van der Waals surface area contributed by atoms with Crippen LogP contribution < -0.4 is 10.0 Å². The predicted molar refractivity (Wildman–Crippen MR) is 115 cm³/mol. The van der Waals surface area contributed by atoms with Crippen LogP contribution in [0.3, 0.4) is 0 Å². The molecule has 4 rings (SSSR count). The zero-order valence-corrected chi connectivity index (χ0v) is 18.1. The van der Waals surface area contributed by atoms with Crippen molar-refractivity contribution in [2.45, 2.75) is 49.6 Å². The van der Waals surface area contributed by atoms with Crippen molar-refractivity contribution in [2.24, 2.45) is 0 Å². The molecule has 1 heterocycles. The summed E-state index contributed by atoms with van der Waals surface area (Å²) >= 11 is 0. The summed E-state index contributed by atoms with van der Waals surface area (Å²) in [5.74, 6) is -0.495. The molecule has 1 amide bonds. The van der Waals surface area contributed by atoms with E-state index in [2.05, 4.69) is 25.4 Å². The number of sulfonamides is 1. The van der Waals surface area contributed by atoms with Crippen LogP contribution in [0.15, 0.2) is 53.4 Å². The molecule has 1 saturated carbocycles. The standard InChI is InChI=1S/C21H23FN6O3S/c22-16-8-6-15(7-9-16)21-24-27-28(25-21)14-20(29)23-17-10-12-19(13-11-17)32(30,31)26-18-4-2-1-3-5-18/h6-13,18,26H,1-5,14H2,(H,23,29). The van der Waals surface area contributed by atoms with Gasteiger partial charge in [0, 0.05) is 17.3 Å². The summed E-state index contributed by atoms with van der Waals surface area (Å²) in [6.45, 7) is -0.183. The van der Waals surface area contributed by atoms with Crippen molar-refractivity contribution in [2.75, 3.05) is 5.32 Å². The maximum Gasteiger partial charge on any atom is 0.248 e. The molecule has 168 valence electrons. The Morgan fingerprint density at radius 2 is 1.72 bits per heavy atom. The van der Waals surface area contributed by atoms with Crippen molar-refractivity contribution in [3.63, 3.8) is 0 Å². The lowest BCUT2D eigenvalue weighted by atomic mass is 9.96. The van der Waals surface area contributed by atoms with Crippen molar-refractivity contribution in [3.05, 3.63) is 54.3 Å². The maximum absolute atomic E-state index is 13.0. The van der Waals surface area contributed by atoms with E-state index in [1.54, 1.807) is 0 Å². The van der Waals surface area contributed by atoms with Gasteiger partial charge in [-0.1, -0.05) is 19.3 Å². The van der Waals surface area contributed by atoms with Gasteiger partial charge in [-0.05, 0) is 66.6 Å². The van der Waals surface area contributed by atoms with Crippen LogP contribution in [0.1, 0.15) is 32.1 Å². The molecule has 0 saturated heterocycles. The predicted octanol–water partition coefficient (Wildman–Crippen LogP) is 2.73. The number of carbonyl (C=O) groups is 1. The Morgan fingerprint density at radius 3 is 2.41 bits per heavy atom. The quantitative estimate of drug-likeness (QED) is 0.562. The van der Waals surface area contributed by atoms with Crippen LogP contribution in [-0.4, -0.2) is 40.6 Å². The van der Waals surface area contributed by atoms with Crippen molar-refractivity contribution in [1.29, 1.82) is 0 Å². The van der Waals surface area contributed by atoms with E-state index in [0.717, 1.165) is 36.9 Å². The van der Waals surface area contributed by atoms with Gasteiger partial charge in [0.2, 0.25) is 21.8 Å². The Bertz CT molecular complexity index is 1170. The molecule has 3 aromatic rings. The fraction of sp³-hybridized carbons (Fsp3) is 0.333. The largest absolute Gasteiger partial charge is 0.324 e. The number of rotatable bonds is 7. The van der Waals surface area contributed by atoms with Crippen LogP contribution >= 0.6 is 0 Å². The van der Waals surface area contributed by atoms with Gasteiger partial charge < -0.3 is 5.32 Å². The van der Waals surface area contributed by atoms with Gasteiger partial charge in [-0.25, -0.2) is 17.5 Å². The molecule has 1 aliphatic carbocycles. The lowest BCUT2D eigenvalue weighted by Gasteiger charge is -2.22. The number of anilines is 1. The summed E-state index contributed by atoms with van der Waals surface area (Å²) in [5, 5.41) is 14.5. The monoisotopic (exact) mass is 458 g/mol. The fourth-order valence-electron chi connectivity index (χ4n) is 3.58. The summed E-state index contributed by atoms with van der Waals surface area (Å²) in [6, 6.07) is 11.6. The molecule has 0 spiro atoms. The van der Waals surface area contributed by atoms with Gasteiger partial charge >= 0.3 is 0 Å². The van der Waals surface area contributed by atoms with Crippen molar-refractivity contribution < 1.29 is 17.6 Å². The number of aromatic nitrogens is 4. The lowest BCUT2D eigenvalue weighted by Crippen LogP contribution is -2.36. The topological polar surface area (TPSA) is 119 Å². The second kappa shape index (κ2) is 9.53. The number of hydrogen-bond donors (Lipinski definition) is 2. The first-order valence-corrected chi connectivity index (χ1v) is 11.8. The first-order chi connectivity index (χ1) is 15.4. The lowest BCUT2D eigenvalue weighted by molar-refractivity contribution is -0.117. The van der Waals surface area contributed by atoms with Crippen LogP contribution in [0, 0.1) is 5.82 Å². The zero-order chi connectivity index (χ0) is 22.6. The molecule has 2 aromatic carbocycles. The highest BCUT2D eigenvalue weighted by atomic mass is 32.2. The van der Waals surface area contributed by atoms with E-state index in [1.807, 2.05) is 0 Å². The number of halogens is 1. The highest BCUT2D eigenvalue weighted by molar-refractivity contribution is 7.89. The van der Waals surface area contributed by atoms with E-state index in [1.165, 1.54) is 48.5 Å². The minimum Gasteiger partial charge on any atom is -0.324 e. The Labute approximate surface area is 185 Å². The zero-order valence-electron chi connectivity index (χ0n) is 17.2. The van der Waals surface area contributed by atoms with Crippen LogP contribution in [0.25, 0.3) is 11.4 Å². The van der Waals surface area contributed by atoms with Crippen LogP contribution in [0.5, 0.6) is 0 Å². The normalized spacial score (nSPS) is 14.9. The number of benzene rings is 2. The Hall–Kier alpha value is -3.18. The number of amides is 1. The Balaban J connectivity index is 1.34. The molecule has 11 heteroatoms. The highest BCUT2D eigenvalue weighted by Gasteiger charge is 2.21. The smallest absolute Gasteiger partial charge is 0.248 e. The van der Waals surface area contributed by atoms with Crippen molar-refractivity contribution in [1.82, 2.24) is 24.9 Å². The summed E-state index contributed by atoms with van der Waals surface area (Å²) in [6.07, 6.45) is 4.91. The third-order valence-electron chi connectivity index (χ3n) is 5.22. The van der Waals surface area contributed by atoms with Crippen LogP contribution in [-0.2, 0) is 21.4 Å². The van der Waals surface area contributed by atoms with E-state index in [9.17, 15) is 17.6 Å². The van der Waals surface area contributed by atoms with Crippen LogP contribution in [0.4, 0.5) is 10.1 Å². The summed E-state index contributed by atoms with van der Waals surface area (Å²) in [5.41, 5.74) is 1.03. The second-order valence-electron chi connectivity index (χ2n) is 7.68. The summed E-state index contributed by atoms with van der Waals surface area (Å²) in [4.78, 5) is 13.6. The summed E-state index contributed by atoms with van der Waals surface area (Å²) in [7, 11) is -3.60. The second-order valence-corrected chi connectivity index (χ2v) is 9.39. The molecular formula is C21H23FN6O3S. The molecule has 1 aliphatic rings. The number of carbonyl (C=O) groups excluding carboxylic acids is 1. The first kappa shape index (κ1) is 22.0. The van der Waals surface area contributed by atoms with Crippen molar-refractivity contribution in [3.8, 4) is 11.4 Å². The molecule has 0 bridgehead atoms. The average molecular weight is 459 g/mol. The third-order valence-corrected chi connectivity index (χ3v) is 6.75. The first-order valence-electron chi connectivity index (χ1n) is 10.3. The fourth-order valence-corrected chi connectivity index (χ4v) is 4.88. The number of nitrogens with zero attached hydrogens (tertiary/aromatic N) is 4. The number of tetrazole rings is 1. The van der Waals surface area contributed by atoms with Gasteiger partial charge in [0.15, 0.2) is 0 Å². The molecule has 0 aliphatic heterocycles. The minimum atomic E-state index is -3.60. The Morgan fingerprint density at radius 1 is 1.03 bits per heavy atom. The van der Waals surface area contributed by atoms with Gasteiger partial charge in [-0.3, -0.25) is 4.79 Å². The third kappa shape index (κ3) is 5.54. The molecular weight excluding hydrogens is 435 g/mol. The highest BCUT2D eigenvalue weighted by Crippen LogP contribution is 2.21. The molecule has 0 unspecified atom stereocenters. The summed E-state index contributed by atoms with van der Waals surface area (Å²) < 4.78 is 40.9. The van der Waals surface area contributed by atoms with E-state index < -0.39 is 15.9 Å². The van der Waals surface area contributed by atoms with Gasteiger partial charge in [0.25, 0.3) is 0 Å². The van der Waals surface area contributed by atoms with E-state index in [-0.39, 0.29) is 29.1 Å². The molecule has 0 atom stereocenters. The SMILES string of the molecule is O=C(Cn1nnc(-c2ccc(F)cc2)n1)Nc1ccc(S(=O)(=O)NC2CCCCC2)cc1. The average Bonchev–Trinajstić information content (AvgIpc) is 3.23. The van der Waals surface area contributed by atoms with Gasteiger partial charge in [0.1, 0.15) is 12.4 Å². The Kier molecular flexibility index (Phi) is 6.56. The van der Waals surface area contributed by atoms with E-state index in [4.69, 9.17) is 0 Å². The number of nitrogens with one attached hydrogen (secondary N) is 2. The van der Waals surface area contributed by atoms with E-state index in [0.29, 0.717) is 11.3 Å². The van der Waals surface area contributed by atoms with Gasteiger partial charge in [-0.15, -0.1) is 10.2 Å².